The third-order valence-electron chi connectivity index (χ3n) is 4.29. The van der Waals surface area contributed by atoms with E-state index in [2.05, 4.69) is 15.3 Å². The number of piperidine rings is 1. The molecule has 1 fully saturated rings. The summed E-state index contributed by atoms with van der Waals surface area (Å²) in [6, 6.07) is 7.05. The van der Waals surface area contributed by atoms with Gasteiger partial charge in [0.1, 0.15) is 0 Å². The van der Waals surface area contributed by atoms with E-state index in [1.807, 2.05) is 4.90 Å². The van der Waals surface area contributed by atoms with E-state index >= 15 is 0 Å². The Morgan fingerprint density at radius 3 is 2.25 bits per heavy atom. The first kappa shape index (κ1) is 16.1. The minimum Gasteiger partial charge on any atom is -0.352 e. The Hall–Kier alpha value is -2.76. The molecule has 3 heterocycles. The Labute approximate surface area is 140 Å². The van der Waals surface area contributed by atoms with Crippen LogP contribution in [0.15, 0.2) is 49.1 Å². The van der Waals surface area contributed by atoms with Gasteiger partial charge in [-0.25, -0.2) is 0 Å². The molecule has 0 unspecified atom stereocenters. The highest BCUT2D eigenvalue weighted by molar-refractivity contribution is 5.94. The van der Waals surface area contributed by atoms with Gasteiger partial charge in [-0.1, -0.05) is 0 Å². The summed E-state index contributed by atoms with van der Waals surface area (Å²) in [5.41, 5.74) is 1.20. The number of hydrogen-bond donors (Lipinski definition) is 1. The first-order chi connectivity index (χ1) is 11.7. The molecule has 0 radical (unpaired) electrons. The summed E-state index contributed by atoms with van der Waals surface area (Å²) in [5, 5.41) is 2.95. The van der Waals surface area contributed by atoms with Crippen LogP contribution in [-0.2, 0) is 0 Å². The lowest BCUT2D eigenvalue weighted by Crippen LogP contribution is -2.41. The second-order valence-electron chi connectivity index (χ2n) is 5.93. The molecule has 1 aliphatic rings. The maximum absolute atomic E-state index is 12.4. The highest BCUT2D eigenvalue weighted by Crippen LogP contribution is 2.18. The van der Waals surface area contributed by atoms with Gasteiger partial charge in [0, 0.05) is 44.4 Å². The molecule has 6 nitrogen and oxygen atoms in total. The SMILES string of the molecule is O=C(NCC1CCN(C(=O)c2cccnc2)CC1)c1cccnc1. The van der Waals surface area contributed by atoms with E-state index in [9.17, 15) is 9.59 Å². The largest absolute Gasteiger partial charge is 0.352 e. The maximum atomic E-state index is 12.4. The maximum Gasteiger partial charge on any atom is 0.255 e. The van der Waals surface area contributed by atoms with E-state index in [0.717, 1.165) is 12.8 Å². The number of hydrogen-bond acceptors (Lipinski definition) is 4. The lowest BCUT2D eigenvalue weighted by molar-refractivity contribution is 0.0684. The van der Waals surface area contributed by atoms with Crippen molar-refractivity contribution in [3.05, 3.63) is 60.2 Å². The molecule has 6 heteroatoms. The van der Waals surface area contributed by atoms with Crippen LogP contribution < -0.4 is 5.32 Å². The van der Waals surface area contributed by atoms with E-state index < -0.39 is 0 Å². The minimum absolute atomic E-state index is 0.0287. The van der Waals surface area contributed by atoms with Crippen LogP contribution in [0.2, 0.25) is 0 Å². The second kappa shape index (κ2) is 7.68. The number of carbonyl (C=O) groups excluding carboxylic acids is 2. The number of nitrogens with one attached hydrogen (secondary N) is 1. The first-order valence-corrected chi connectivity index (χ1v) is 8.11. The molecule has 1 aliphatic heterocycles. The molecule has 0 aliphatic carbocycles. The van der Waals surface area contributed by atoms with Crippen LogP contribution in [0.5, 0.6) is 0 Å². The Kier molecular flexibility index (Phi) is 5.15. The Morgan fingerprint density at radius 2 is 1.67 bits per heavy atom. The number of aromatic nitrogens is 2. The molecule has 124 valence electrons. The molecule has 0 spiro atoms. The quantitative estimate of drug-likeness (QED) is 0.930. The zero-order valence-electron chi connectivity index (χ0n) is 13.4. The first-order valence-electron chi connectivity index (χ1n) is 8.11. The summed E-state index contributed by atoms with van der Waals surface area (Å²) in [7, 11) is 0. The fraction of sp³-hybridized carbons (Fsp3) is 0.333. The van der Waals surface area contributed by atoms with Crippen molar-refractivity contribution in [3.63, 3.8) is 0 Å². The number of likely N-dealkylation sites (tertiary alicyclic amines) is 1. The highest BCUT2D eigenvalue weighted by atomic mass is 16.2. The molecule has 1 N–H and O–H groups in total. The van der Waals surface area contributed by atoms with Crippen molar-refractivity contribution in [2.75, 3.05) is 19.6 Å². The number of nitrogens with zero attached hydrogens (tertiary/aromatic N) is 3. The van der Waals surface area contributed by atoms with Gasteiger partial charge in [-0.2, -0.15) is 0 Å². The molecular formula is C18H20N4O2. The zero-order valence-corrected chi connectivity index (χ0v) is 13.4. The van der Waals surface area contributed by atoms with Crippen molar-refractivity contribution in [1.29, 1.82) is 0 Å². The van der Waals surface area contributed by atoms with Crippen LogP contribution in [-0.4, -0.2) is 46.3 Å². The van der Waals surface area contributed by atoms with Crippen LogP contribution in [0.25, 0.3) is 0 Å². The van der Waals surface area contributed by atoms with Crippen LogP contribution in [0, 0.1) is 5.92 Å². The van der Waals surface area contributed by atoms with E-state index in [-0.39, 0.29) is 11.8 Å². The van der Waals surface area contributed by atoms with E-state index in [4.69, 9.17) is 0 Å². The van der Waals surface area contributed by atoms with Crippen LogP contribution in [0.3, 0.4) is 0 Å². The van der Waals surface area contributed by atoms with Gasteiger partial charge >= 0.3 is 0 Å². The fourth-order valence-electron chi connectivity index (χ4n) is 2.85. The molecule has 1 saturated heterocycles. The third kappa shape index (κ3) is 3.95. The molecular weight excluding hydrogens is 304 g/mol. The topological polar surface area (TPSA) is 75.2 Å². The van der Waals surface area contributed by atoms with E-state index in [1.54, 1.807) is 49.1 Å². The van der Waals surface area contributed by atoms with Crippen molar-refractivity contribution in [2.45, 2.75) is 12.8 Å². The zero-order chi connectivity index (χ0) is 16.8. The standard InChI is InChI=1S/C18H20N4O2/c23-17(15-3-1-7-19-12-15)21-11-14-5-9-22(10-6-14)18(24)16-4-2-8-20-13-16/h1-4,7-8,12-14H,5-6,9-11H2,(H,21,23). The summed E-state index contributed by atoms with van der Waals surface area (Å²) in [6.45, 7) is 2.05. The molecule has 0 saturated carbocycles. The Bertz CT molecular complexity index is 683. The van der Waals surface area contributed by atoms with Crippen LogP contribution in [0.4, 0.5) is 0 Å². The minimum atomic E-state index is -0.100. The van der Waals surface area contributed by atoms with Crippen molar-refractivity contribution < 1.29 is 9.59 Å². The number of rotatable bonds is 4. The highest BCUT2D eigenvalue weighted by Gasteiger charge is 2.24. The van der Waals surface area contributed by atoms with Gasteiger partial charge in [0.05, 0.1) is 11.1 Å². The molecule has 2 aromatic heterocycles. The van der Waals surface area contributed by atoms with E-state index in [1.165, 1.54) is 0 Å². The number of pyridine rings is 2. The molecule has 24 heavy (non-hydrogen) atoms. The summed E-state index contributed by atoms with van der Waals surface area (Å²) in [4.78, 5) is 34.2. The van der Waals surface area contributed by atoms with Gasteiger partial charge in [-0.05, 0) is 43.0 Å². The van der Waals surface area contributed by atoms with Crippen LogP contribution in [0.1, 0.15) is 33.6 Å². The second-order valence-corrected chi connectivity index (χ2v) is 5.93. The predicted molar refractivity (Wildman–Crippen MR) is 89.4 cm³/mol. The molecule has 3 rings (SSSR count). The summed E-state index contributed by atoms with van der Waals surface area (Å²) >= 11 is 0. The van der Waals surface area contributed by atoms with Crippen molar-refractivity contribution in [1.82, 2.24) is 20.2 Å². The van der Waals surface area contributed by atoms with E-state index in [0.29, 0.717) is 36.7 Å². The van der Waals surface area contributed by atoms with Gasteiger partial charge in [0.25, 0.3) is 11.8 Å². The van der Waals surface area contributed by atoms with Gasteiger partial charge in [-0.3, -0.25) is 19.6 Å². The number of carbonyl (C=O) groups is 2. The molecule has 0 aromatic carbocycles. The molecule has 2 aromatic rings. The predicted octanol–water partition coefficient (Wildman–Crippen LogP) is 1.76. The normalized spacial score (nSPS) is 15.1. The average Bonchev–Trinajstić information content (AvgIpc) is 2.67. The lowest BCUT2D eigenvalue weighted by atomic mass is 9.96. The van der Waals surface area contributed by atoms with Crippen molar-refractivity contribution >= 4 is 11.8 Å². The Morgan fingerprint density at radius 1 is 1.04 bits per heavy atom. The van der Waals surface area contributed by atoms with Gasteiger partial charge in [0.2, 0.25) is 0 Å². The summed E-state index contributed by atoms with van der Waals surface area (Å²) < 4.78 is 0. The summed E-state index contributed by atoms with van der Waals surface area (Å²) in [6.07, 6.45) is 8.24. The molecule has 0 bridgehead atoms. The van der Waals surface area contributed by atoms with Crippen LogP contribution >= 0.6 is 0 Å². The fourth-order valence-corrected chi connectivity index (χ4v) is 2.85. The van der Waals surface area contributed by atoms with Gasteiger partial charge in [0.15, 0.2) is 0 Å². The van der Waals surface area contributed by atoms with Crippen molar-refractivity contribution in [3.8, 4) is 0 Å². The molecule has 0 atom stereocenters. The average molecular weight is 324 g/mol. The monoisotopic (exact) mass is 324 g/mol. The molecule has 2 amide bonds. The lowest BCUT2D eigenvalue weighted by Gasteiger charge is -2.32. The van der Waals surface area contributed by atoms with Gasteiger partial charge < -0.3 is 10.2 Å². The van der Waals surface area contributed by atoms with Crippen molar-refractivity contribution in [2.24, 2.45) is 5.92 Å². The van der Waals surface area contributed by atoms with Gasteiger partial charge in [-0.15, -0.1) is 0 Å². The Balaban J connectivity index is 1.46. The smallest absolute Gasteiger partial charge is 0.255 e. The third-order valence-corrected chi connectivity index (χ3v) is 4.29. The summed E-state index contributed by atoms with van der Waals surface area (Å²) in [5.74, 6) is 0.321. The number of amides is 2.